The normalized spacial score (nSPS) is 26.1. The Morgan fingerprint density at radius 1 is 1.45 bits per heavy atom. The number of ether oxygens (including phenoxy) is 1. The molecule has 2 rings (SSSR count). The maximum Gasteiger partial charge on any atom is 0.341 e. The molecule has 0 amide bonds. The smallest absolute Gasteiger partial charge is 0.341 e. The summed E-state index contributed by atoms with van der Waals surface area (Å²) in [6.07, 6.45) is 5.05. The molecular weight excluding hydrogens is 254 g/mol. The number of rotatable bonds is 3. The van der Waals surface area contributed by atoms with E-state index in [9.17, 15) is 4.79 Å². The minimum atomic E-state index is -0.413. The highest BCUT2D eigenvalue weighted by Crippen LogP contribution is 2.31. The summed E-state index contributed by atoms with van der Waals surface area (Å²) in [7, 11) is 1.36. The number of carbonyl (C=O) groups is 1. The molecule has 5 heteroatoms. The van der Waals surface area contributed by atoms with Gasteiger partial charge < -0.3 is 15.8 Å². The third kappa shape index (κ3) is 3.21. The van der Waals surface area contributed by atoms with Gasteiger partial charge in [0.15, 0.2) is 0 Å². The van der Waals surface area contributed by atoms with Gasteiger partial charge in [-0.15, -0.1) is 0 Å². The fraction of sp³-hybridized carbons (Fsp3) is 0.600. The number of nitrogens with two attached hydrogens (primary N) is 1. The fourth-order valence-corrected chi connectivity index (χ4v) is 2.92. The van der Waals surface area contributed by atoms with Gasteiger partial charge in [0.1, 0.15) is 11.4 Å². The second kappa shape index (κ2) is 6.11. The van der Waals surface area contributed by atoms with E-state index in [0.29, 0.717) is 29.0 Å². The van der Waals surface area contributed by atoms with Crippen molar-refractivity contribution in [2.75, 3.05) is 18.2 Å². The number of methoxy groups -OCH3 is 1. The number of nitrogens with one attached hydrogen (secondary N) is 1. The van der Waals surface area contributed by atoms with Gasteiger partial charge in [-0.05, 0) is 37.2 Å². The van der Waals surface area contributed by atoms with Crippen molar-refractivity contribution in [3.8, 4) is 0 Å². The number of aromatic nitrogens is 1. The maximum absolute atomic E-state index is 11.8. The molecule has 3 atom stereocenters. The largest absolute Gasteiger partial charge is 0.465 e. The molecule has 1 heterocycles. The predicted octanol–water partition coefficient (Wildman–Crippen LogP) is 2.69. The molecule has 110 valence electrons. The minimum Gasteiger partial charge on any atom is -0.465 e. The molecular formula is C15H23N3O2. The van der Waals surface area contributed by atoms with Crippen LogP contribution in [0.25, 0.3) is 0 Å². The Hall–Kier alpha value is -1.78. The maximum atomic E-state index is 11.8. The number of hydrogen-bond acceptors (Lipinski definition) is 5. The van der Waals surface area contributed by atoms with E-state index < -0.39 is 5.97 Å². The Bertz CT molecular complexity index is 490. The lowest BCUT2D eigenvalue weighted by atomic mass is 9.80. The zero-order chi connectivity index (χ0) is 14.7. The van der Waals surface area contributed by atoms with Crippen molar-refractivity contribution >= 4 is 17.5 Å². The third-order valence-corrected chi connectivity index (χ3v) is 4.07. The van der Waals surface area contributed by atoms with Crippen molar-refractivity contribution in [1.29, 1.82) is 0 Å². The topological polar surface area (TPSA) is 77.2 Å². The molecule has 1 fully saturated rings. The average molecular weight is 277 g/mol. The van der Waals surface area contributed by atoms with Crippen LogP contribution in [0.1, 0.15) is 43.5 Å². The van der Waals surface area contributed by atoms with E-state index >= 15 is 0 Å². The highest BCUT2D eigenvalue weighted by Gasteiger charge is 2.26. The van der Waals surface area contributed by atoms with Gasteiger partial charge in [-0.3, -0.25) is 0 Å². The standard InChI is InChI=1S/C15H23N3O2/c1-9-4-5-13(10(2)6-9)18-14-12(15(19)20-3)7-11(16)8-17-14/h7-10,13H,4-6,16H2,1-3H3,(H,17,18). The first-order chi connectivity index (χ1) is 9.51. The van der Waals surface area contributed by atoms with Crippen LogP contribution in [-0.2, 0) is 4.74 Å². The van der Waals surface area contributed by atoms with Gasteiger partial charge in [0, 0.05) is 6.04 Å². The van der Waals surface area contributed by atoms with Gasteiger partial charge in [-0.25, -0.2) is 9.78 Å². The average Bonchev–Trinajstić information content (AvgIpc) is 2.42. The number of carbonyl (C=O) groups excluding carboxylic acids is 1. The summed E-state index contributed by atoms with van der Waals surface area (Å²) in [5, 5.41) is 3.39. The summed E-state index contributed by atoms with van der Waals surface area (Å²) in [5.41, 5.74) is 6.56. The fourth-order valence-electron chi connectivity index (χ4n) is 2.92. The highest BCUT2D eigenvalue weighted by molar-refractivity contribution is 5.95. The second-order valence-corrected chi connectivity index (χ2v) is 5.80. The van der Waals surface area contributed by atoms with Crippen molar-refractivity contribution in [3.05, 3.63) is 17.8 Å². The number of nitrogen functional groups attached to an aromatic ring is 1. The van der Waals surface area contributed by atoms with E-state index in [1.54, 1.807) is 12.3 Å². The molecule has 1 aliphatic carbocycles. The molecule has 0 aromatic carbocycles. The van der Waals surface area contributed by atoms with Crippen LogP contribution in [0.15, 0.2) is 12.3 Å². The van der Waals surface area contributed by atoms with Gasteiger partial charge in [-0.1, -0.05) is 13.8 Å². The quantitative estimate of drug-likeness (QED) is 0.831. The lowest BCUT2D eigenvalue weighted by molar-refractivity contribution is 0.0601. The van der Waals surface area contributed by atoms with Gasteiger partial charge in [0.2, 0.25) is 0 Å². The van der Waals surface area contributed by atoms with Crippen LogP contribution < -0.4 is 11.1 Å². The molecule has 0 saturated heterocycles. The zero-order valence-corrected chi connectivity index (χ0v) is 12.3. The third-order valence-electron chi connectivity index (χ3n) is 4.07. The van der Waals surface area contributed by atoms with Crippen LogP contribution in [0.2, 0.25) is 0 Å². The molecule has 0 aliphatic heterocycles. The van der Waals surface area contributed by atoms with Crippen LogP contribution in [0, 0.1) is 11.8 Å². The molecule has 20 heavy (non-hydrogen) atoms. The number of esters is 1. The first kappa shape index (κ1) is 14.6. The summed E-state index contributed by atoms with van der Waals surface area (Å²) in [6.45, 7) is 4.52. The lowest BCUT2D eigenvalue weighted by Crippen LogP contribution is -2.34. The Kier molecular flexibility index (Phi) is 4.47. The van der Waals surface area contributed by atoms with Gasteiger partial charge >= 0.3 is 5.97 Å². The van der Waals surface area contributed by atoms with E-state index in [4.69, 9.17) is 10.5 Å². The summed E-state index contributed by atoms with van der Waals surface area (Å²) < 4.78 is 4.79. The van der Waals surface area contributed by atoms with Crippen molar-refractivity contribution in [2.45, 2.75) is 39.2 Å². The SMILES string of the molecule is COC(=O)c1cc(N)cnc1NC1CCC(C)CC1C. The van der Waals surface area contributed by atoms with Crippen molar-refractivity contribution in [1.82, 2.24) is 4.98 Å². The molecule has 1 aromatic rings. The lowest BCUT2D eigenvalue weighted by Gasteiger charge is -2.33. The van der Waals surface area contributed by atoms with Crippen molar-refractivity contribution < 1.29 is 9.53 Å². The Morgan fingerprint density at radius 3 is 2.85 bits per heavy atom. The molecule has 0 bridgehead atoms. The molecule has 0 spiro atoms. The van der Waals surface area contributed by atoms with E-state index in [0.717, 1.165) is 12.3 Å². The first-order valence-corrected chi connectivity index (χ1v) is 7.11. The summed E-state index contributed by atoms with van der Waals surface area (Å²) in [6, 6.07) is 1.95. The molecule has 1 aliphatic rings. The molecule has 1 aromatic heterocycles. The summed E-state index contributed by atoms with van der Waals surface area (Å²) in [5.74, 6) is 1.48. The first-order valence-electron chi connectivity index (χ1n) is 7.11. The van der Waals surface area contributed by atoms with Gasteiger partial charge in [0.05, 0.1) is 19.0 Å². The van der Waals surface area contributed by atoms with E-state index in [1.165, 1.54) is 20.0 Å². The van der Waals surface area contributed by atoms with Crippen LogP contribution in [0.5, 0.6) is 0 Å². The number of nitrogens with zero attached hydrogens (tertiary/aromatic N) is 1. The zero-order valence-electron chi connectivity index (χ0n) is 12.3. The Morgan fingerprint density at radius 2 is 2.20 bits per heavy atom. The predicted molar refractivity (Wildman–Crippen MR) is 79.6 cm³/mol. The number of hydrogen-bond donors (Lipinski definition) is 2. The highest BCUT2D eigenvalue weighted by atomic mass is 16.5. The van der Waals surface area contributed by atoms with Crippen LogP contribution >= 0.6 is 0 Å². The molecule has 0 radical (unpaired) electrons. The Balaban J connectivity index is 2.18. The van der Waals surface area contributed by atoms with Crippen LogP contribution in [-0.4, -0.2) is 24.1 Å². The van der Waals surface area contributed by atoms with E-state index in [2.05, 4.69) is 24.1 Å². The summed E-state index contributed by atoms with van der Waals surface area (Å²) >= 11 is 0. The van der Waals surface area contributed by atoms with Crippen LogP contribution in [0.3, 0.4) is 0 Å². The number of anilines is 2. The van der Waals surface area contributed by atoms with Gasteiger partial charge in [-0.2, -0.15) is 0 Å². The second-order valence-electron chi connectivity index (χ2n) is 5.80. The summed E-state index contributed by atoms with van der Waals surface area (Å²) in [4.78, 5) is 16.1. The molecule has 3 unspecified atom stereocenters. The Labute approximate surface area is 119 Å². The van der Waals surface area contributed by atoms with E-state index in [-0.39, 0.29) is 0 Å². The van der Waals surface area contributed by atoms with Crippen molar-refractivity contribution in [2.24, 2.45) is 11.8 Å². The molecule has 3 N–H and O–H groups in total. The molecule has 1 saturated carbocycles. The number of pyridine rings is 1. The monoisotopic (exact) mass is 277 g/mol. The molecule has 5 nitrogen and oxygen atoms in total. The van der Waals surface area contributed by atoms with Crippen molar-refractivity contribution in [3.63, 3.8) is 0 Å². The van der Waals surface area contributed by atoms with Gasteiger partial charge in [0.25, 0.3) is 0 Å². The minimum absolute atomic E-state index is 0.339. The van der Waals surface area contributed by atoms with E-state index in [1.807, 2.05) is 0 Å². The van der Waals surface area contributed by atoms with Crippen LogP contribution in [0.4, 0.5) is 11.5 Å².